The smallest absolute Gasteiger partial charge is 0.271 e. The molecule has 24 heavy (non-hydrogen) atoms. The van der Waals surface area contributed by atoms with E-state index in [2.05, 4.69) is 10.3 Å². The van der Waals surface area contributed by atoms with Crippen molar-refractivity contribution in [2.45, 2.75) is 20.8 Å². The lowest BCUT2D eigenvalue weighted by Gasteiger charge is -2.16. The number of nitrogens with one attached hydrogen (secondary N) is 1. The van der Waals surface area contributed by atoms with Gasteiger partial charge in [-0.05, 0) is 18.2 Å². The van der Waals surface area contributed by atoms with Gasteiger partial charge in [0.2, 0.25) is 6.79 Å². The summed E-state index contributed by atoms with van der Waals surface area (Å²) in [5.41, 5.74) is 0.677. The summed E-state index contributed by atoms with van der Waals surface area (Å²) in [6.45, 7) is 5.68. The van der Waals surface area contributed by atoms with Crippen molar-refractivity contribution >= 4 is 23.0 Å². The lowest BCUT2D eigenvalue weighted by molar-refractivity contribution is -0.125. The highest BCUT2D eigenvalue weighted by atomic mass is 32.1. The molecule has 0 saturated heterocycles. The summed E-state index contributed by atoms with van der Waals surface area (Å²) in [4.78, 5) is 28.4. The highest BCUT2D eigenvalue weighted by Crippen LogP contribution is 2.36. The van der Waals surface area contributed by atoms with Crippen molar-refractivity contribution in [3.8, 4) is 22.1 Å². The number of carbonyl (C=O) groups excluding carboxylic acids is 2. The van der Waals surface area contributed by atoms with E-state index < -0.39 is 5.41 Å². The number of Topliss-reactive ketones (excluding diaryl/α,β-unsaturated/α-hetero) is 1. The number of amides is 1. The Labute approximate surface area is 143 Å². The van der Waals surface area contributed by atoms with E-state index >= 15 is 0 Å². The van der Waals surface area contributed by atoms with Crippen LogP contribution in [0.2, 0.25) is 0 Å². The molecule has 0 fully saturated rings. The molecule has 0 aliphatic carbocycles. The van der Waals surface area contributed by atoms with E-state index in [1.54, 1.807) is 5.38 Å². The molecule has 1 aromatic carbocycles. The molecule has 0 unspecified atom stereocenters. The fourth-order valence-electron chi connectivity index (χ4n) is 2.06. The first kappa shape index (κ1) is 16.4. The van der Waals surface area contributed by atoms with Gasteiger partial charge < -0.3 is 14.8 Å². The van der Waals surface area contributed by atoms with Gasteiger partial charge in [0.15, 0.2) is 17.3 Å². The molecule has 1 aromatic heterocycles. The number of rotatable bonds is 4. The van der Waals surface area contributed by atoms with Crippen molar-refractivity contribution in [2.75, 3.05) is 13.3 Å². The second kappa shape index (κ2) is 6.24. The third kappa shape index (κ3) is 3.41. The summed E-state index contributed by atoms with van der Waals surface area (Å²) in [6, 6.07) is 5.53. The predicted molar refractivity (Wildman–Crippen MR) is 90.5 cm³/mol. The molecular weight excluding hydrogens is 328 g/mol. The molecular formula is C17H18N2O4S. The van der Waals surface area contributed by atoms with Crippen LogP contribution in [0.5, 0.6) is 11.5 Å². The molecule has 1 aliphatic heterocycles. The summed E-state index contributed by atoms with van der Waals surface area (Å²) >= 11 is 1.36. The van der Waals surface area contributed by atoms with Crippen molar-refractivity contribution in [1.82, 2.24) is 10.3 Å². The average molecular weight is 346 g/mol. The summed E-state index contributed by atoms with van der Waals surface area (Å²) in [6.07, 6.45) is 0. The van der Waals surface area contributed by atoms with Gasteiger partial charge in [0, 0.05) is 16.4 Å². The third-order valence-corrected chi connectivity index (χ3v) is 4.49. The van der Waals surface area contributed by atoms with E-state index in [1.807, 2.05) is 39.0 Å². The molecule has 0 atom stereocenters. The molecule has 1 amide bonds. The molecule has 0 saturated carbocycles. The number of aromatic nitrogens is 1. The highest BCUT2D eigenvalue weighted by molar-refractivity contribution is 7.13. The van der Waals surface area contributed by atoms with Gasteiger partial charge in [0.05, 0.1) is 6.54 Å². The topological polar surface area (TPSA) is 77.5 Å². The van der Waals surface area contributed by atoms with E-state index in [9.17, 15) is 9.59 Å². The average Bonchev–Trinajstić information content (AvgIpc) is 3.19. The van der Waals surface area contributed by atoms with Crippen molar-refractivity contribution in [1.29, 1.82) is 0 Å². The first-order valence-corrected chi connectivity index (χ1v) is 8.39. The third-order valence-electron chi connectivity index (χ3n) is 3.60. The van der Waals surface area contributed by atoms with E-state index in [0.717, 1.165) is 5.56 Å². The number of carbonyl (C=O) groups is 2. The molecule has 2 aromatic rings. The van der Waals surface area contributed by atoms with Crippen LogP contribution in [-0.4, -0.2) is 30.0 Å². The molecule has 0 radical (unpaired) electrons. The van der Waals surface area contributed by atoms with Crippen LogP contribution in [0.15, 0.2) is 23.6 Å². The van der Waals surface area contributed by atoms with Gasteiger partial charge in [-0.2, -0.15) is 0 Å². The van der Waals surface area contributed by atoms with Crippen molar-refractivity contribution < 1.29 is 19.1 Å². The Morgan fingerprint density at radius 2 is 2.00 bits per heavy atom. The molecule has 7 heteroatoms. The standard InChI is InChI=1S/C17H18N2O4S/c1-17(2,3)14(20)7-18-15(21)11-8-24-16(19-11)10-4-5-12-13(6-10)23-9-22-12/h4-6,8H,7,9H2,1-3H3,(H,18,21). The molecule has 1 N–H and O–H groups in total. The number of benzene rings is 1. The summed E-state index contributed by atoms with van der Waals surface area (Å²) in [7, 11) is 0. The summed E-state index contributed by atoms with van der Waals surface area (Å²) in [5, 5.41) is 5.01. The second-order valence-corrected chi connectivity index (χ2v) is 7.32. The quantitative estimate of drug-likeness (QED) is 0.921. The maximum Gasteiger partial charge on any atom is 0.271 e. The minimum absolute atomic E-state index is 0.000776. The van der Waals surface area contributed by atoms with Crippen LogP contribution >= 0.6 is 11.3 Å². The zero-order valence-corrected chi connectivity index (χ0v) is 14.5. The monoisotopic (exact) mass is 346 g/mol. The Balaban J connectivity index is 1.69. The SMILES string of the molecule is CC(C)(C)C(=O)CNC(=O)c1csc(-c2ccc3c(c2)OCO3)n1. The largest absolute Gasteiger partial charge is 0.454 e. The van der Waals surface area contributed by atoms with Gasteiger partial charge in [0.25, 0.3) is 5.91 Å². The van der Waals surface area contributed by atoms with E-state index in [1.165, 1.54) is 11.3 Å². The predicted octanol–water partition coefficient (Wildman–Crippen LogP) is 2.88. The van der Waals surface area contributed by atoms with E-state index in [0.29, 0.717) is 22.2 Å². The van der Waals surface area contributed by atoms with E-state index in [-0.39, 0.29) is 25.0 Å². The number of hydrogen-bond acceptors (Lipinski definition) is 6. The number of fused-ring (bicyclic) bond motifs is 1. The maximum absolute atomic E-state index is 12.1. The number of ketones is 1. The van der Waals surface area contributed by atoms with Gasteiger partial charge in [-0.1, -0.05) is 20.8 Å². The fraction of sp³-hybridized carbons (Fsp3) is 0.353. The summed E-state index contributed by atoms with van der Waals surface area (Å²) in [5.74, 6) is 0.997. The van der Waals surface area contributed by atoms with Gasteiger partial charge >= 0.3 is 0 Å². The Kier molecular flexibility index (Phi) is 4.28. The number of ether oxygens (including phenoxy) is 2. The second-order valence-electron chi connectivity index (χ2n) is 6.46. The Morgan fingerprint density at radius 1 is 1.25 bits per heavy atom. The first-order valence-electron chi connectivity index (χ1n) is 7.51. The van der Waals surface area contributed by atoms with Crippen molar-refractivity contribution in [2.24, 2.45) is 5.41 Å². The number of nitrogens with zero attached hydrogens (tertiary/aromatic N) is 1. The maximum atomic E-state index is 12.1. The van der Waals surface area contributed by atoms with Crippen LogP contribution in [0.4, 0.5) is 0 Å². The first-order chi connectivity index (χ1) is 11.3. The number of hydrogen-bond donors (Lipinski definition) is 1. The van der Waals surface area contributed by atoms with E-state index in [4.69, 9.17) is 9.47 Å². The molecule has 0 spiro atoms. The van der Waals surface area contributed by atoms with Crippen LogP contribution < -0.4 is 14.8 Å². The van der Waals surface area contributed by atoms with Gasteiger partial charge in [0.1, 0.15) is 10.7 Å². The Hall–Kier alpha value is -2.41. The van der Waals surface area contributed by atoms with Crippen LogP contribution in [0, 0.1) is 5.41 Å². The van der Waals surface area contributed by atoms with Crippen LogP contribution in [0.3, 0.4) is 0 Å². The molecule has 1 aliphatic rings. The van der Waals surface area contributed by atoms with Crippen LogP contribution in [0.1, 0.15) is 31.3 Å². The molecule has 126 valence electrons. The fourth-order valence-corrected chi connectivity index (χ4v) is 2.85. The van der Waals surface area contributed by atoms with Gasteiger partial charge in [-0.25, -0.2) is 4.98 Å². The minimum Gasteiger partial charge on any atom is -0.454 e. The Bertz CT molecular complexity index is 792. The zero-order chi connectivity index (χ0) is 17.3. The molecule has 3 rings (SSSR count). The zero-order valence-electron chi connectivity index (χ0n) is 13.7. The number of thiazole rings is 1. The van der Waals surface area contributed by atoms with Gasteiger partial charge in [-0.3, -0.25) is 9.59 Å². The molecule has 6 nitrogen and oxygen atoms in total. The Morgan fingerprint density at radius 3 is 2.75 bits per heavy atom. The van der Waals surface area contributed by atoms with Gasteiger partial charge in [-0.15, -0.1) is 11.3 Å². The van der Waals surface area contributed by atoms with Crippen molar-refractivity contribution in [3.05, 3.63) is 29.3 Å². The highest BCUT2D eigenvalue weighted by Gasteiger charge is 2.22. The minimum atomic E-state index is -0.479. The molecule has 0 bridgehead atoms. The summed E-state index contributed by atoms with van der Waals surface area (Å²) < 4.78 is 10.6. The van der Waals surface area contributed by atoms with Crippen LogP contribution in [0.25, 0.3) is 10.6 Å². The lowest BCUT2D eigenvalue weighted by atomic mass is 9.91. The molecule has 2 heterocycles. The van der Waals surface area contributed by atoms with Crippen molar-refractivity contribution in [3.63, 3.8) is 0 Å². The van der Waals surface area contributed by atoms with Crippen LogP contribution in [-0.2, 0) is 4.79 Å². The lowest BCUT2D eigenvalue weighted by Crippen LogP contribution is -2.35. The normalized spacial score (nSPS) is 13.0.